The van der Waals surface area contributed by atoms with E-state index in [1.165, 1.54) is 11.8 Å². The van der Waals surface area contributed by atoms with Crippen molar-refractivity contribution in [3.8, 4) is 0 Å². The van der Waals surface area contributed by atoms with E-state index in [0.29, 0.717) is 35.4 Å². The van der Waals surface area contributed by atoms with E-state index >= 15 is 0 Å². The smallest absolute Gasteiger partial charge is 0.348 e. The number of hydrogen-bond acceptors (Lipinski definition) is 8. The average Bonchev–Trinajstić information content (AvgIpc) is 3.08. The second-order valence-corrected chi connectivity index (χ2v) is 10.4. The summed E-state index contributed by atoms with van der Waals surface area (Å²) in [5.41, 5.74) is 7.84. The lowest BCUT2D eigenvalue weighted by Gasteiger charge is -2.42. The Balaban J connectivity index is 1.87. The van der Waals surface area contributed by atoms with Gasteiger partial charge in [-0.2, -0.15) is 12.6 Å². The van der Waals surface area contributed by atoms with Crippen molar-refractivity contribution in [2.24, 2.45) is 10.7 Å². The number of fused-ring (bicyclic) bond motifs is 1. The summed E-state index contributed by atoms with van der Waals surface area (Å²) in [7, 11) is 0. The first kappa shape index (κ1) is 29.4. The number of aliphatic carboxylic acids is 1. The van der Waals surface area contributed by atoms with Gasteiger partial charge in [-0.05, 0) is 18.9 Å². The second kappa shape index (κ2) is 13.2. The molecule has 2 aromatic carbocycles. The third kappa shape index (κ3) is 6.27. The standard InChI is InChI=1S/C29H35N5O5S/c1-18(35)33(20-12-6-3-7-13-20)27(29(38)39)34-23-15-9-8-14-21(23)25(19-10-4-2-5-11-19)32-26(28(34)37)31-16-24(36)22(30)17-40/h2,4-5,8-11,14-15,20,22,26-27,31,40H,3,6-7,12-13,16-17,30H2,1H3,(H,38,39). The van der Waals surface area contributed by atoms with Crippen molar-refractivity contribution in [3.05, 3.63) is 65.7 Å². The summed E-state index contributed by atoms with van der Waals surface area (Å²) in [5.74, 6) is -2.70. The Hall–Kier alpha value is -3.54. The first-order chi connectivity index (χ1) is 19.2. The van der Waals surface area contributed by atoms with E-state index < -0.39 is 36.2 Å². The molecule has 1 saturated carbocycles. The van der Waals surface area contributed by atoms with Gasteiger partial charge in [-0.15, -0.1) is 0 Å². The fourth-order valence-electron chi connectivity index (χ4n) is 5.37. The minimum atomic E-state index is -1.61. The number of carboxylic acid groups (broad SMARTS) is 1. The summed E-state index contributed by atoms with van der Waals surface area (Å²) in [6.45, 7) is 1.06. The Kier molecular flexibility index (Phi) is 9.72. The van der Waals surface area contributed by atoms with Crippen LogP contribution in [0.2, 0.25) is 0 Å². The Morgan fingerprint density at radius 2 is 1.75 bits per heavy atom. The first-order valence-corrected chi connectivity index (χ1v) is 14.1. The van der Waals surface area contributed by atoms with E-state index in [1.54, 1.807) is 24.3 Å². The summed E-state index contributed by atoms with van der Waals surface area (Å²) >= 11 is 4.08. The minimum Gasteiger partial charge on any atom is -0.478 e. The largest absolute Gasteiger partial charge is 0.478 e. The van der Waals surface area contributed by atoms with Gasteiger partial charge < -0.3 is 15.7 Å². The quantitative estimate of drug-likeness (QED) is 0.323. The Bertz CT molecular complexity index is 1280. The zero-order chi connectivity index (χ0) is 28.8. The maximum atomic E-state index is 14.3. The number of benzene rings is 2. The molecule has 1 heterocycles. The third-order valence-electron chi connectivity index (χ3n) is 7.34. The number of para-hydroxylation sites is 1. The van der Waals surface area contributed by atoms with Crippen LogP contribution in [0.5, 0.6) is 0 Å². The van der Waals surface area contributed by atoms with Gasteiger partial charge in [-0.1, -0.05) is 67.8 Å². The van der Waals surface area contributed by atoms with Crippen LogP contribution >= 0.6 is 12.6 Å². The van der Waals surface area contributed by atoms with Crippen molar-refractivity contribution in [2.45, 2.75) is 63.4 Å². The van der Waals surface area contributed by atoms with Crippen LogP contribution < -0.4 is 16.0 Å². The number of hydrogen-bond donors (Lipinski definition) is 4. The maximum absolute atomic E-state index is 14.3. The number of carbonyl (C=O) groups excluding carboxylic acids is 3. The Labute approximate surface area is 239 Å². The van der Waals surface area contributed by atoms with Crippen LogP contribution in [0.1, 0.15) is 50.2 Å². The molecule has 212 valence electrons. The number of amides is 2. The number of ketones is 1. The van der Waals surface area contributed by atoms with Gasteiger partial charge in [0.2, 0.25) is 12.1 Å². The molecule has 0 spiro atoms. The number of nitrogens with two attached hydrogens (primary N) is 1. The van der Waals surface area contributed by atoms with Crippen molar-refractivity contribution in [1.29, 1.82) is 0 Å². The number of aliphatic imine (C=N–C) groups is 1. The van der Waals surface area contributed by atoms with E-state index in [0.717, 1.165) is 24.2 Å². The van der Waals surface area contributed by atoms with Crippen molar-refractivity contribution in [2.75, 3.05) is 17.2 Å². The first-order valence-electron chi connectivity index (χ1n) is 13.4. The maximum Gasteiger partial charge on any atom is 0.348 e. The SMILES string of the molecule is CC(=O)N(C1CCCCC1)C(C(=O)O)N1C(=O)C(NCC(=O)C(N)CS)N=C(c2ccccc2)c2ccccc21. The number of anilines is 1. The molecule has 1 aliphatic carbocycles. The van der Waals surface area contributed by atoms with Crippen molar-refractivity contribution < 1.29 is 24.3 Å². The molecule has 0 aromatic heterocycles. The Morgan fingerprint density at radius 3 is 2.38 bits per heavy atom. The highest BCUT2D eigenvalue weighted by Gasteiger charge is 2.45. The van der Waals surface area contributed by atoms with Crippen LogP contribution in [0.15, 0.2) is 59.6 Å². The molecule has 2 amide bonds. The molecule has 10 nitrogen and oxygen atoms in total. The number of rotatable bonds is 10. The molecule has 3 atom stereocenters. The molecule has 40 heavy (non-hydrogen) atoms. The zero-order valence-electron chi connectivity index (χ0n) is 22.4. The van der Waals surface area contributed by atoms with Crippen LogP contribution in [0.4, 0.5) is 5.69 Å². The lowest BCUT2D eigenvalue weighted by molar-refractivity contribution is -0.153. The molecule has 4 N–H and O–H groups in total. The van der Waals surface area contributed by atoms with Crippen LogP contribution in [0, 0.1) is 0 Å². The third-order valence-corrected chi connectivity index (χ3v) is 7.73. The van der Waals surface area contributed by atoms with Crippen molar-refractivity contribution in [1.82, 2.24) is 10.2 Å². The molecular weight excluding hydrogens is 530 g/mol. The molecule has 1 aliphatic heterocycles. The molecule has 0 bridgehead atoms. The molecule has 2 aliphatic rings. The van der Waals surface area contributed by atoms with Gasteiger partial charge >= 0.3 is 5.97 Å². The van der Waals surface area contributed by atoms with Crippen molar-refractivity contribution in [3.63, 3.8) is 0 Å². The van der Waals surface area contributed by atoms with Gasteiger partial charge in [-0.25, -0.2) is 4.79 Å². The van der Waals surface area contributed by atoms with E-state index in [-0.39, 0.29) is 24.1 Å². The molecule has 0 radical (unpaired) electrons. The highest BCUT2D eigenvalue weighted by atomic mass is 32.1. The topological polar surface area (TPSA) is 145 Å². The lowest BCUT2D eigenvalue weighted by Crippen LogP contribution is -2.63. The number of carboxylic acids is 1. The van der Waals surface area contributed by atoms with E-state index in [1.807, 2.05) is 30.3 Å². The van der Waals surface area contributed by atoms with Crippen molar-refractivity contribution >= 4 is 47.6 Å². The highest BCUT2D eigenvalue weighted by Crippen LogP contribution is 2.33. The van der Waals surface area contributed by atoms with Gasteiger partial charge in [0.15, 0.2) is 11.9 Å². The number of benzodiazepines with no additional fused rings is 1. The average molecular weight is 566 g/mol. The van der Waals surface area contributed by atoms with E-state index in [2.05, 4.69) is 17.9 Å². The fourth-order valence-corrected chi connectivity index (χ4v) is 5.58. The highest BCUT2D eigenvalue weighted by molar-refractivity contribution is 7.80. The molecule has 11 heteroatoms. The number of nitrogens with one attached hydrogen (secondary N) is 1. The van der Waals surface area contributed by atoms with Gasteiger partial charge in [0.1, 0.15) is 0 Å². The fraction of sp³-hybridized carbons (Fsp3) is 0.414. The van der Waals surface area contributed by atoms with Crippen LogP contribution in [-0.2, 0) is 19.2 Å². The van der Waals surface area contributed by atoms with Crippen LogP contribution in [-0.4, -0.2) is 76.0 Å². The summed E-state index contributed by atoms with van der Waals surface area (Å²) < 4.78 is 0. The normalized spacial score (nSPS) is 19.2. The number of Topliss-reactive ketones (excluding diaryl/α,β-unsaturated/α-hetero) is 1. The number of thiol groups is 1. The zero-order valence-corrected chi connectivity index (χ0v) is 23.3. The van der Waals surface area contributed by atoms with E-state index in [4.69, 9.17) is 10.7 Å². The molecule has 4 rings (SSSR count). The number of nitrogens with zero attached hydrogens (tertiary/aromatic N) is 3. The monoisotopic (exact) mass is 565 g/mol. The number of carbonyl (C=O) groups is 4. The van der Waals surface area contributed by atoms with Crippen LogP contribution in [0.25, 0.3) is 0 Å². The van der Waals surface area contributed by atoms with Gasteiger partial charge in [0, 0.05) is 29.8 Å². The molecule has 2 aromatic rings. The summed E-state index contributed by atoms with van der Waals surface area (Å²) in [4.78, 5) is 60.1. The summed E-state index contributed by atoms with van der Waals surface area (Å²) in [6, 6.07) is 15.0. The van der Waals surface area contributed by atoms with Crippen LogP contribution in [0.3, 0.4) is 0 Å². The Morgan fingerprint density at radius 1 is 1.10 bits per heavy atom. The predicted molar refractivity (Wildman–Crippen MR) is 155 cm³/mol. The van der Waals surface area contributed by atoms with Gasteiger partial charge in [-0.3, -0.25) is 29.6 Å². The molecule has 0 saturated heterocycles. The molecule has 3 unspecified atom stereocenters. The molecule has 1 fully saturated rings. The predicted octanol–water partition coefficient (Wildman–Crippen LogP) is 2.20. The van der Waals surface area contributed by atoms with E-state index in [9.17, 15) is 24.3 Å². The van der Waals surface area contributed by atoms with Gasteiger partial charge in [0.25, 0.3) is 5.91 Å². The van der Waals surface area contributed by atoms with Gasteiger partial charge in [0.05, 0.1) is 24.0 Å². The molecular formula is C29H35N5O5S. The summed E-state index contributed by atoms with van der Waals surface area (Å²) in [6.07, 6.45) is 1.11. The second-order valence-electron chi connectivity index (χ2n) is 10.0. The summed E-state index contributed by atoms with van der Waals surface area (Å²) in [5, 5.41) is 13.5. The minimum absolute atomic E-state index is 0.130. The lowest BCUT2D eigenvalue weighted by atomic mass is 9.93.